The molecule has 2 aromatic heterocycles. The van der Waals surface area contributed by atoms with Gasteiger partial charge in [0.05, 0.1) is 6.61 Å². The van der Waals surface area contributed by atoms with Gasteiger partial charge >= 0.3 is 6.01 Å². The smallest absolute Gasteiger partial charge is 0.322 e. The number of pyridine rings is 1. The molecule has 0 aliphatic carbocycles. The van der Waals surface area contributed by atoms with E-state index in [-0.39, 0.29) is 17.2 Å². The summed E-state index contributed by atoms with van der Waals surface area (Å²) in [6.07, 6.45) is 2.39. The van der Waals surface area contributed by atoms with Crippen LogP contribution in [0.15, 0.2) is 24.4 Å². The van der Waals surface area contributed by atoms with Crippen molar-refractivity contribution in [3.05, 3.63) is 35.4 Å². The van der Waals surface area contributed by atoms with Gasteiger partial charge in [0.2, 0.25) is 11.2 Å². The third-order valence-electron chi connectivity index (χ3n) is 1.92. The molecule has 0 saturated carbocycles. The number of ether oxygens (including phenoxy) is 1. The number of aromatic nitrogens is 4. The molecule has 0 unspecified atom stereocenters. The van der Waals surface area contributed by atoms with Crippen molar-refractivity contribution >= 4 is 17.5 Å². The first-order valence-corrected chi connectivity index (χ1v) is 5.31. The molecule has 2 aromatic rings. The molecule has 0 aliphatic heterocycles. The first-order valence-electron chi connectivity index (χ1n) is 4.94. The number of nitrogens with zero attached hydrogens (tertiary/aromatic N) is 4. The van der Waals surface area contributed by atoms with Gasteiger partial charge in [-0.25, -0.2) is 0 Å². The molecule has 7 heteroatoms. The topological polar surface area (TPSA) is 86.8 Å². The molecule has 17 heavy (non-hydrogen) atoms. The summed E-state index contributed by atoms with van der Waals surface area (Å²) in [4.78, 5) is 15.4. The van der Waals surface area contributed by atoms with E-state index in [1.165, 1.54) is 0 Å². The molecule has 6 nitrogen and oxygen atoms in total. The van der Waals surface area contributed by atoms with Gasteiger partial charge in [0, 0.05) is 18.3 Å². The molecule has 2 heterocycles. The number of nitrogen functional groups attached to an aromatic ring is 1. The molecule has 0 amide bonds. The van der Waals surface area contributed by atoms with Gasteiger partial charge in [0.1, 0.15) is 0 Å². The quantitative estimate of drug-likeness (QED) is 0.876. The molecule has 0 fully saturated rings. The second kappa shape index (κ2) is 5.40. The Balaban J connectivity index is 1.90. The zero-order valence-corrected chi connectivity index (χ0v) is 9.63. The summed E-state index contributed by atoms with van der Waals surface area (Å²) in [5.74, 6) is 0.0397. The van der Waals surface area contributed by atoms with Crippen molar-refractivity contribution in [1.29, 1.82) is 0 Å². The summed E-state index contributed by atoms with van der Waals surface area (Å²) >= 11 is 5.61. The fourth-order valence-corrected chi connectivity index (χ4v) is 1.36. The molecular weight excluding hydrogens is 242 g/mol. The summed E-state index contributed by atoms with van der Waals surface area (Å²) < 4.78 is 5.30. The Labute approximate surface area is 103 Å². The van der Waals surface area contributed by atoms with Crippen molar-refractivity contribution in [1.82, 2.24) is 19.9 Å². The van der Waals surface area contributed by atoms with Crippen molar-refractivity contribution in [2.75, 3.05) is 12.3 Å². The van der Waals surface area contributed by atoms with Crippen LogP contribution in [-0.2, 0) is 6.42 Å². The second-order valence-electron chi connectivity index (χ2n) is 3.16. The van der Waals surface area contributed by atoms with Crippen molar-refractivity contribution < 1.29 is 4.74 Å². The van der Waals surface area contributed by atoms with E-state index >= 15 is 0 Å². The Hall–Kier alpha value is -1.95. The molecule has 0 spiro atoms. The van der Waals surface area contributed by atoms with Crippen LogP contribution in [0.5, 0.6) is 6.01 Å². The molecule has 2 rings (SSSR count). The molecule has 2 N–H and O–H groups in total. The first kappa shape index (κ1) is 11.5. The van der Waals surface area contributed by atoms with Gasteiger partial charge in [-0.2, -0.15) is 15.0 Å². The Morgan fingerprint density at radius 3 is 2.82 bits per heavy atom. The van der Waals surface area contributed by atoms with Gasteiger partial charge in [-0.15, -0.1) is 0 Å². The highest BCUT2D eigenvalue weighted by Crippen LogP contribution is 2.09. The molecular formula is C10H10ClN5O. The molecule has 0 aromatic carbocycles. The minimum absolute atomic E-state index is 0.0188. The molecule has 0 radical (unpaired) electrons. The molecule has 0 saturated heterocycles. The number of anilines is 1. The zero-order valence-electron chi connectivity index (χ0n) is 8.88. The van der Waals surface area contributed by atoms with Crippen molar-refractivity contribution in [3.63, 3.8) is 0 Å². The van der Waals surface area contributed by atoms with Gasteiger partial charge in [-0.05, 0) is 23.7 Å². The minimum Gasteiger partial charge on any atom is -0.463 e. The molecule has 0 atom stereocenters. The summed E-state index contributed by atoms with van der Waals surface area (Å²) in [6, 6.07) is 5.81. The Kier molecular flexibility index (Phi) is 3.66. The Morgan fingerprint density at radius 1 is 1.24 bits per heavy atom. The number of halogens is 1. The fourth-order valence-electron chi connectivity index (χ4n) is 1.20. The van der Waals surface area contributed by atoms with Crippen LogP contribution < -0.4 is 10.5 Å². The van der Waals surface area contributed by atoms with Gasteiger partial charge < -0.3 is 10.5 Å². The van der Waals surface area contributed by atoms with Crippen LogP contribution in [0.1, 0.15) is 5.69 Å². The van der Waals surface area contributed by atoms with E-state index in [0.717, 1.165) is 5.69 Å². The van der Waals surface area contributed by atoms with Crippen LogP contribution in [0.4, 0.5) is 5.95 Å². The average molecular weight is 252 g/mol. The van der Waals surface area contributed by atoms with Gasteiger partial charge in [0.15, 0.2) is 0 Å². The fraction of sp³-hybridized carbons (Fsp3) is 0.200. The molecule has 88 valence electrons. The second-order valence-corrected chi connectivity index (χ2v) is 3.50. The van der Waals surface area contributed by atoms with Crippen LogP contribution >= 0.6 is 11.6 Å². The van der Waals surface area contributed by atoms with Crippen molar-refractivity contribution in [2.45, 2.75) is 6.42 Å². The number of hydrogen-bond donors (Lipinski definition) is 1. The van der Waals surface area contributed by atoms with Crippen LogP contribution in [0, 0.1) is 0 Å². The number of rotatable bonds is 4. The van der Waals surface area contributed by atoms with E-state index in [9.17, 15) is 0 Å². The lowest BCUT2D eigenvalue weighted by molar-refractivity contribution is 0.294. The first-order chi connectivity index (χ1) is 8.24. The third-order valence-corrected chi connectivity index (χ3v) is 2.09. The van der Waals surface area contributed by atoms with E-state index < -0.39 is 0 Å². The highest BCUT2D eigenvalue weighted by Gasteiger charge is 2.03. The summed E-state index contributed by atoms with van der Waals surface area (Å²) in [6.45, 7) is 0.400. The van der Waals surface area contributed by atoms with Crippen molar-refractivity contribution in [2.24, 2.45) is 0 Å². The lowest BCUT2D eigenvalue weighted by Gasteiger charge is -2.04. The van der Waals surface area contributed by atoms with E-state index in [4.69, 9.17) is 22.1 Å². The van der Waals surface area contributed by atoms with Crippen LogP contribution in [0.3, 0.4) is 0 Å². The SMILES string of the molecule is Nc1nc(Cl)nc(OCCc2ccccn2)n1. The lowest BCUT2D eigenvalue weighted by atomic mass is 10.3. The monoisotopic (exact) mass is 251 g/mol. The minimum atomic E-state index is 0.0188. The van der Waals surface area contributed by atoms with E-state index in [1.54, 1.807) is 6.20 Å². The average Bonchev–Trinajstić information content (AvgIpc) is 2.29. The van der Waals surface area contributed by atoms with Crippen LogP contribution in [0.2, 0.25) is 5.28 Å². The van der Waals surface area contributed by atoms with Crippen LogP contribution in [0.25, 0.3) is 0 Å². The predicted octanol–water partition coefficient (Wildman–Crippen LogP) is 1.12. The molecule has 0 bridgehead atoms. The Morgan fingerprint density at radius 2 is 2.12 bits per heavy atom. The normalized spacial score (nSPS) is 10.2. The highest BCUT2D eigenvalue weighted by molar-refractivity contribution is 6.28. The number of nitrogens with two attached hydrogens (primary N) is 1. The Bertz CT molecular complexity index is 473. The molecule has 0 aliphatic rings. The maximum atomic E-state index is 5.61. The predicted molar refractivity (Wildman–Crippen MR) is 62.7 cm³/mol. The maximum Gasteiger partial charge on any atom is 0.322 e. The van der Waals surface area contributed by atoms with E-state index in [2.05, 4.69) is 19.9 Å². The van der Waals surface area contributed by atoms with Gasteiger partial charge in [-0.3, -0.25) is 4.98 Å². The summed E-state index contributed by atoms with van der Waals surface area (Å²) in [7, 11) is 0. The van der Waals surface area contributed by atoms with Gasteiger partial charge in [-0.1, -0.05) is 6.07 Å². The van der Waals surface area contributed by atoms with E-state index in [1.807, 2.05) is 18.2 Å². The van der Waals surface area contributed by atoms with Crippen molar-refractivity contribution in [3.8, 4) is 6.01 Å². The lowest BCUT2D eigenvalue weighted by Crippen LogP contribution is -2.07. The van der Waals surface area contributed by atoms with Gasteiger partial charge in [0.25, 0.3) is 0 Å². The van der Waals surface area contributed by atoms with E-state index in [0.29, 0.717) is 13.0 Å². The highest BCUT2D eigenvalue weighted by atomic mass is 35.5. The number of hydrogen-bond acceptors (Lipinski definition) is 6. The van der Waals surface area contributed by atoms with Crippen LogP contribution in [-0.4, -0.2) is 26.5 Å². The summed E-state index contributed by atoms with van der Waals surface area (Å²) in [5.41, 5.74) is 6.33. The largest absolute Gasteiger partial charge is 0.463 e. The summed E-state index contributed by atoms with van der Waals surface area (Å²) in [5, 5.41) is 0.0188. The zero-order chi connectivity index (χ0) is 12.1. The maximum absolute atomic E-state index is 5.61. The standard InChI is InChI=1S/C10H10ClN5O/c11-8-14-9(12)16-10(15-8)17-6-4-7-3-1-2-5-13-7/h1-3,5H,4,6H2,(H2,12,14,15,16). The third kappa shape index (κ3) is 3.53.